The number of hydrogen-bond donors (Lipinski definition) is 0. The van der Waals surface area contributed by atoms with Crippen LogP contribution in [0.1, 0.15) is 104 Å². The largest absolute Gasteiger partial charge is 0.469 e. The number of likely N-dealkylation sites (N-methyl/N-ethyl adjacent to an activating group) is 5. The van der Waals surface area contributed by atoms with Gasteiger partial charge >= 0.3 is 0 Å². The molecule has 0 unspecified atom stereocenters. The Morgan fingerprint density at radius 1 is 0.542 bits per heavy atom. The van der Waals surface area contributed by atoms with Gasteiger partial charge in [0.15, 0.2) is 11.8 Å². The molecule has 6 aliphatic heterocycles. The van der Waals surface area contributed by atoms with Crippen molar-refractivity contribution in [3.05, 3.63) is 109 Å². The summed E-state index contributed by atoms with van der Waals surface area (Å²) in [6.07, 6.45) is 0. The summed E-state index contributed by atoms with van der Waals surface area (Å²) in [6, 6.07) is 0. The SMILES string of the molecule is C=C1N(C)C(=C)C(C)(C)N1C.C=C1N=C(C)N(C)C1(C)C.C=C1N=C(C)OC1(C)C.C=C1N=C(C)SC1(C)C.C=C1OC(=C)C(C)(C)N1C.C=C1SC(=C)C(C)(C)N1C. The van der Waals surface area contributed by atoms with Gasteiger partial charge in [0.2, 0.25) is 0 Å². The minimum atomic E-state index is -0.274. The fraction of sp³-hybridized carbons (Fsp3) is 0.553. The lowest BCUT2D eigenvalue weighted by atomic mass is 10.0. The van der Waals surface area contributed by atoms with Crippen LogP contribution in [0, 0.1) is 0 Å². The van der Waals surface area contributed by atoms with E-state index < -0.39 is 0 Å². The van der Waals surface area contributed by atoms with Gasteiger partial charge in [0.05, 0.1) is 54.1 Å². The van der Waals surface area contributed by atoms with Crippen molar-refractivity contribution in [2.45, 2.75) is 136 Å². The molecule has 6 heterocycles. The number of aliphatic imine (C=N–C) groups is 3. The van der Waals surface area contributed by atoms with Gasteiger partial charge in [0, 0.05) is 52.8 Å². The second-order valence-corrected chi connectivity index (χ2v) is 21.2. The highest BCUT2D eigenvalue weighted by molar-refractivity contribution is 8.15. The van der Waals surface area contributed by atoms with Gasteiger partial charge in [0.1, 0.15) is 23.0 Å². The molecule has 0 aromatic carbocycles. The van der Waals surface area contributed by atoms with Crippen LogP contribution >= 0.6 is 23.5 Å². The Hall–Kier alpha value is -4.03. The van der Waals surface area contributed by atoms with E-state index in [2.05, 4.69) is 144 Å². The molecule has 6 rings (SSSR count). The van der Waals surface area contributed by atoms with Crippen molar-refractivity contribution in [3.8, 4) is 0 Å². The molecule has 6 aliphatic rings. The van der Waals surface area contributed by atoms with E-state index in [1.54, 1.807) is 23.5 Å². The Bertz CT molecular complexity index is 1770. The number of amidine groups is 1. The molecule has 3 saturated heterocycles. The zero-order chi connectivity index (χ0) is 46.8. The molecule has 0 saturated carbocycles. The standard InChI is InChI=1S/C9H16N2.C8H14N2.C8H13NO.C8H13NS.C7H11NO.C7H11NS/c1-7-9(3,4)11(6)8(2)10(7)5;1-6-8(3,4)10(5)7(2)9-6;2*1-6-8(3,4)9(5)7(2)10-6;2*1-5-7(3,4)9-6(2)8-5/h1-2H2,3-6H3;1H2,2-5H3;2*1-2H2,3-5H3;2*1H2,2-4H3. The molecule has 0 atom stereocenters. The molecule has 330 valence electrons. The van der Waals surface area contributed by atoms with Crippen LogP contribution in [0.4, 0.5) is 0 Å². The first kappa shape index (κ1) is 53.0. The number of thioether (sulfide) groups is 2. The van der Waals surface area contributed by atoms with Crippen molar-refractivity contribution in [2.24, 2.45) is 15.0 Å². The smallest absolute Gasteiger partial charge is 0.188 e. The number of hydrogen-bond acceptors (Lipinski definition) is 12. The first-order valence-electron chi connectivity index (χ1n) is 19.6. The average Bonchev–Trinajstić information content (AvgIpc) is 3.72. The van der Waals surface area contributed by atoms with Gasteiger partial charge < -0.3 is 34.0 Å². The summed E-state index contributed by atoms with van der Waals surface area (Å²) < 4.78 is 10.7. The summed E-state index contributed by atoms with van der Waals surface area (Å²) in [5.74, 6) is 4.22. The minimum absolute atomic E-state index is 0.0179. The predicted octanol–water partition coefficient (Wildman–Crippen LogP) is 11.6. The minimum Gasteiger partial charge on any atom is -0.469 e. The highest BCUT2D eigenvalue weighted by Crippen LogP contribution is 2.45. The Kier molecular flexibility index (Phi) is 16.8. The molecule has 0 spiro atoms. The van der Waals surface area contributed by atoms with Crippen LogP contribution in [-0.4, -0.2) is 109 Å². The van der Waals surface area contributed by atoms with E-state index in [0.717, 1.165) is 50.3 Å². The molecule has 0 radical (unpaired) electrons. The third-order valence-electron chi connectivity index (χ3n) is 12.1. The van der Waals surface area contributed by atoms with Gasteiger partial charge in [-0.25, -0.2) is 9.98 Å². The normalized spacial score (nSPS) is 23.6. The third kappa shape index (κ3) is 12.1. The van der Waals surface area contributed by atoms with Gasteiger partial charge in [-0.3, -0.25) is 4.99 Å². The molecular weight excluding hydrogens is 773 g/mol. The number of rotatable bonds is 0. The van der Waals surface area contributed by atoms with Crippen LogP contribution in [0.15, 0.2) is 124 Å². The molecule has 12 heteroatoms. The summed E-state index contributed by atoms with van der Waals surface area (Å²) in [6.45, 7) is 65.8. The molecule has 0 aromatic heterocycles. The summed E-state index contributed by atoms with van der Waals surface area (Å²) in [5.41, 5.74) is 3.60. The zero-order valence-corrected chi connectivity index (χ0v) is 42.2. The molecule has 3 fully saturated rings. The van der Waals surface area contributed by atoms with E-state index in [-0.39, 0.29) is 32.5 Å². The van der Waals surface area contributed by atoms with Gasteiger partial charge in [0.25, 0.3) is 0 Å². The molecule has 10 nitrogen and oxygen atoms in total. The van der Waals surface area contributed by atoms with Crippen molar-refractivity contribution in [1.82, 2.24) is 24.5 Å². The number of nitrogens with zero attached hydrogens (tertiary/aromatic N) is 8. The van der Waals surface area contributed by atoms with Crippen LogP contribution in [0.3, 0.4) is 0 Å². The maximum Gasteiger partial charge on any atom is 0.188 e. The third-order valence-corrected chi connectivity index (χ3v) is 14.5. The Morgan fingerprint density at radius 2 is 1.05 bits per heavy atom. The van der Waals surface area contributed by atoms with E-state index in [1.807, 2.05) is 93.5 Å². The zero-order valence-electron chi connectivity index (χ0n) is 40.6. The van der Waals surface area contributed by atoms with Crippen LogP contribution in [-0.2, 0) is 9.47 Å². The lowest BCUT2D eigenvalue weighted by molar-refractivity contribution is 0.153. The first-order chi connectivity index (χ1) is 26.3. The van der Waals surface area contributed by atoms with E-state index in [1.165, 1.54) is 4.91 Å². The summed E-state index contributed by atoms with van der Waals surface area (Å²) in [4.78, 5) is 24.1. The van der Waals surface area contributed by atoms with Gasteiger partial charge in [-0.05, 0) is 104 Å². The van der Waals surface area contributed by atoms with Gasteiger partial charge in [-0.15, -0.1) is 0 Å². The number of ether oxygens (including phenoxy) is 2. The van der Waals surface area contributed by atoms with Crippen molar-refractivity contribution in [2.75, 3.05) is 35.2 Å². The van der Waals surface area contributed by atoms with E-state index in [0.29, 0.717) is 11.8 Å². The molecule has 0 amide bonds. The van der Waals surface area contributed by atoms with Crippen molar-refractivity contribution in [1.29, 1.82) is 0 Å². The second kappa shape index (κ2) is 18.7. The average molecular weight is 851 g/mol. The molecule has 59 heavy (non-hydrogen) atoms. The van der Waals surface area contributed by atoms with E-state index in [4.69, 9.17) is 9.47 Å². The van der Waals surface area contributed by atoms with Crippen LogP contribution in [0.5, 0.6) is 0 Å². The van der Waals surface area contributed by atoms with E-state index in [9.17, 15) is 0 Å². The molecule has 0 aromatic rings. The highest BCUT2D eigenvalue weighted by atomic mass is 32.2. The second-order valence-electron chi connectivity index (χ2n) is 18.2. The fourth-order valence-corrected chi connectivity index (χ4v) is 7.63. The Labute approximate surface area is 368 Å². The summed E-state index contributed by atoms with van der Waals surface area (Å²) in [7, 11) is 10.1. The van der Waals surface area contributed by atoms with Gasteiger partial charge in [-0.1, -0.05) is 76.2 Å². The molecule has 0 aliphatic carbocycles. The lowest BCUT2D eigenvalue weighted by Crippen LogP contribution is -2.39. The summed E-state index contributed by atoms with van der Waals surface area (Å²) in [5, 5.41) is 2.22. The van der Waals surface area contributed by atoms with Crippen molar-refractivity contribution < 1.29 is 9.47 Å². The molecule has 0 bridgehead atoms. The van der Waals surface area contributed by atoms with Gasteiger partial charge in [-0.2, -0.15) is 0 Å². The predicted molar refractivity (Wildman–Crippen MR) is 262 cm³/mol. The van der Waals surface area contributed by atoms with Crippen LogP contribution in [0.2, 0.25) is 0 Å². The fourth-order valence-electron chi connectivity index (χ4n) is 5.53. The topological polar surface area (TPSA) is 71.7 Å². The first-order valence-corrected chi connectivity index (χ1v) is 21.3. The monoisotopic (exact) mass is 851 g/mol. The van der Waals surface area contributed by atoms with E-state index >= 15 is 0 Å². The molecule has 0 N–H and O–H groups in total. The van der Waals surface area contributed by atoms with Crippen LogP contribution in [0.25, 0.3) is 0 Å². The lowest BCUT2D eigenvalue weighted by Gasteiger charge is -2.29. The highest BCUT2D eigenvalue weighted by Gasteiger charge is 2.39. The van der Waals surface area contributed by atoms with Crippen molar-refractivity contribution >= 4 is 40.3 Å². The maximum absolute atomic E-state index is 5.31. The summed E-state index contributed by atoms with van der Waals surface area (Å²) >= 11 is 3.45. The maximum atomic E-state index is 5.31. The Morgan fingerprint density at radius 3 is 1.15 bits per heavy atom. The quantitative estimate of drug-likeness (QED) is 0.237. The van der Waals surface area contributed by atoms with Crippen molar-refractivity contribution in [3.63, 3.8) is 0 Å². The van der Waals surface area contributed by atoms with Crippen LogP contribution < -0.4 is 0 Å². The molecular formula is C47H78N8O2S2. The Balaban J connectivity index is 0.000000354.